The zero-order chi connectivity index (χ0) is 46.1. The molecule has 4 heterocycles. The van der Waals surface area contributed by atoms with Crippen molar-refractivity contribution >= 4 is 58.4 Å². The van der Waals surface area contributed by atoms with Gasteiger partial charge in [-0.1, -0.05) is 10.3 Å². The van der Waals surface area contributed by atoms with Crippen molar-refractivity contribution in [3.8, 4) is 0 Å². The van der Waals surface area contributed by atoms with Crippen LogP contribution in [0.25, 0.3) is 0 Å². The summed E-state index contributed by atoms with van der Waals surface area (Å²) >= 11 is 0. The maximum atomic E-state index is 14.1. The summed E-state index contributed by atoms with van der Waals surface area (Å²) in [5.41, 5.74) is -3.01. The molecule has 4 fully saturated rings. The second kappa shape index (κ2) is 19.1. The summed E-state index contributed by atoms with van der Waals surface area (Å²) in [6, 6.07) is 0. The number of ether oxygens (including phenoxy) is 4. The van der Waals surface area contributed by atoms with Gasteiger partial charge in [0.25, 0.3) is 0 Å². The van der Waals surface area contributed by atoms with E-state index in [2.05, 4.69) is 10.3 Å². The van der Waals surface area contributed by atoms with Gasteiger partial charge in [0.1, 0.15) is 34.5 Å². The number of esters is 4. The second-order valence-electron chi connectivity index (χ2n) is 18.5. The molecule has 4 aliphatic carbocycles. The van der Waals surface area contributed by atoms with Crippen molar-refractivity contribution in [2.75, 3.05) is 26.4 Å². The van der Waals surface area contributed by atoms with Crippen molar-refractivity contribution in [3.05, 3.63) is 45.3 Å². The number of oxime groups is 2. The van der Waals surface area contributed by atoms with Crippen LogP contribution in [-0.4, -0.2) is 105 Å². The summed E-state index contributed by atoms with van der Waals surface area (Å²) in [6.07, 6.45) is 0.843. The Morgan fingerprint density at radius 2 is 0.585 bits per heavy atom. The smallest absolute Gasteiger partial charge is 0.306 e. The van der Waals surface area contributed by atoms with E-state index in [1.54, 1.807) is 0 Å². The monoisotopic (exact) mass is 904 g/mol. The first-order valence-corrected chi connectivity index (χ1v) is 22.4. The van der Waals surface area contributed by atoms with Crippen molar-refractivity contribution in [1.29, 1.82) is 0 Å². The molecule has 4 saturated heterocycles. The molecule has 0 bridgehead atoms. The molecule has 348 valence electrons. The summed E-state index contributed by atoms with van der Waals surface area (Å²) < 4.78 is 20.3. The first-order valence-electron chi connectivity index (χ1n) is 22.4. The van der Waals surface area contributed by atoms with Gasteiger partial charge in [-0.15, -0.1) is 0 Å². The molecule has 0 saturated carbocycles. The summed E-state index contributed by atoms with van der Waals surface area (Å²) in [4.78, 5) is 110. The van der Waals surface area contributed by atoms with Crippen LogP contribution >= 0.6 is 0 Å². The van der Waals surface area contributed by atoms with Crippen LogP contribution in [0.15, 0.2) is 55.6 Å². The molecule has 0 spiro atoms. The lowest BCUT2D eigenvalue weighted by Crippen LogP contribution is -2.36. The number of carbonyl (C=O) groups is 8. The maximum Gasteiger partial charge on any atom is 0.306 e. The fourth-order valence-electron chi connectivity index (χ4n) is 11.0. The lowest BCUT2D eigenvalue weighted by atomic mass is 9.72. The largest absolute Gasteiger partial charge is 0.511 e. The molecule has 19 nitrogen and oxygen atoms in total. The van der Waals surface area contributed by atoms with E-state index in [4.69, 9.17) is 23.9 Å². The van der Waals surface area contributed by atoms with Gasteiger partial charge in [0.15, 0.2) is 23.1 Å². The Bertz CT molecular complexity index is 1980. The molecule has 8 unspecified atom stereocenters. The van der Waals surface area contributed by atoms with Crippen molar-refractivity contribution in [3.63, 3.8) is 0 Å². The van der Waals surface area contributed by atoms with E-state index in [9.17, 15) is 58.8 Å². The highest BCUT2D eigenvalue weighted by Gasteiger charge is 2.45. The van der Waals surface area contributed by atoms with Crippen LogP contribution in [0.2, 0.25) is 0 Å². The van der Waals surface area contributed by atoms with Crippen LogP contribution in [0.1, 0.15) is 103 Å². The quantitative estimate of drug-likeness (QED) is 0.100. The van der Waals surface area contributed by atoms with Crippen molar-refractivity contribution in [2.45, 2.75) is 103 Å². The van der Waals surface area contributed by atoms with E-state index in [1.165, 1.54) is 0 Å². The molecule has 8 aliphatic rings. The van der Waals surface area contributed by atoms with Crippen LogP contribution in [-0.2, 0) is 62.2 Å². The summed E-state index contributed by atoms with van der Waals surface area (Å²) in [6.45, 7) is 0.596. The van der Waals surface area contributed by atoms with Gasteiger partial charge in [-0.05, 0) is 73.0 Å². The Balaban J connectivity index is 1.19. The molecule has 0 radical (unpaired) electrons. The zero-order valence-electron chi connectivity index (χ0n) is 35.8. The average molecular weight is 905 g/mol. The molecule has 19 heteroatoms. The lowest BCUT2D eigenvalue weighted by molar-refractivity contribution is -0.151. The second-order valence-corrected chi connectivity index (χ2v) is 18.5. The highest BCUT2D eigenvalue weighted by atomic mass is 16.8. The van der Waals surface area contributed by atoms with Crippen LogP contribution in [0, 0.1) is 47.3 Å². The normalized spacial score (nSPS) is 31.8. The molecule has 8 atom stereocenters. The number of cyclic esters (lactones) is 4. The van der Waals surface area contributed by atoms with Gasteiger partial charge in [0.2, 0.25) is 0 Å². The van der Waals surface area contributed by atoms with Gasteiger partial charge in [0, 0.05) is 77.0 Å². The third kappa shape index (κ3) is 9.78. The number of rotatable bonds is 10. The van der Waals surface area contributed by atoms with Gasteiger partial charge in [0.05, 0.1) is 48.7 Å². The summed E-state index contributed by atoms with van der Waals surface area (Å²) in [7, 11) is 0. The summed E-state index contributed by atoms with van der Waals surface area (Å²) in [5, 5.41) is 54.5. The van der Waals surface area contributed by atoms with Gasteiger partial charge < -0.3 is 39.4 Å². The molecule has 0 aromatic heterocycles. The molecule has 65 heavy (non-hydrogen) atoms. The van der Waals surface area contributed by atoms with E-state index in [1.807, 2.05) is 0 Å². The lowest BCUT2D eigenvalue weighted by Gasteiger charge is -2.34. The summed E-state index contributed by atoms with van der Waals surface area (Å²) in [5.74, 6) is -9.54. The first-order chi connectivity index (χ1) is 31.1. The van der Waals surface area contributed by atoms with E-state index in [-0.39, 0.29) is 127 Å². The number of ketones is 4. The number of hydrogen-bond donors (Lipinski definition) is 4. The Morgan fingerprint density at radius 3 is 0.785 bits per heavy atom. The molecule has 4 aliphatic heterocycles. The molecular weight excluding hydrogens is 853 g/mol. The zero-order valence-corrected chi connectivity index (χ0v) is 35.8. The molecule has 0 amide bonds. The SMILES string of the molecule is O=C1CC(C2CC(=O)C(C(=NON=C(C3=C(O)CC(C4CCOC(=O)C4)CC3=O)C3=C(O)CC(C4CCOC(=O)C4)CC3=O)C3=C(O)CC(C4CCOC(=O)C4)CC3=O)=C(O)C2)CCO1. The first kappa shape index (κ1) is 45.4. The highest BCUT2D eigenvalue weighted by molar-refractivity contribution is 6.38. The molecule has 4 N–H and O–H groups in total. The number of aliphatic hydroxyl groups excluding tert-OH is 4. The predicted molar refractivity (Wildman–Crippen MR) is 220 cm³/mol. The van der Waals surface area contributed by atoms with Crippen molar-refractivity contribution < 1.29 is 82.7 Å². The number of nitrogens with zero attached hydrogens (tertiary/aromatic N) is 2. The topological polar surface area (TPSA) is 288 Å². The third-order valence-corrected chi connectivity index (χ3v) is 14.5. The number of aliphatic hydroxyl groups is 4. The van der Waals surface area contributed by atoms with Gasteiger partial charge in [-0.2, -0.15) is 0 Å². The Morgan fingerprint density at radius 1 is 0.354 bits per heavy atom. The minimum Gasteiger partial charge on any atom is -0.511 e. The van der Waals surface area contributed by atoms with Crippen LogP contribution in [0.4, 0.5) is 0 Å². The van der Waals surface area contributed by atoms with Gasteiger partial charge >= 0.3 is 23.9 Å². The minimum absolute atomic E-state index is 0.0351. The standard InChI is InChI=1S/C46H52N2O17/c49-29-9-25(21-1-5-61-37(57)17-21)10-30(50)41(29)45(42-31(51)11-26(12-32(42)52)22-2-6-62-38(58)18-22)47-65-48-46(43-33(53)13-27(14-34(43)54)23-3-7-63-39(59)19-23)44-35(55)15-28(16-36(44)56)24-4-8-64-40(60)20-24/h21-28,49,51,53,55H,1-20H2. The van der Waals surface area contributed by atoms with E-state index >= 15 is 0 Å². The van der Waals surface area contributed by atoms with E-state index < -0.39 is 127 Å². The number of carbonyl (C=O) groups excluding carboxylic acids is 8. The third-order valence-electron chi connectivity index (χ3n) is 14.5. The number of allylic oxidation sites excluding steroid dienone is 8. The fraction of sp³-hybridized carbons (Fsp3) is 0.609. The molecule has 8 rings (SSSR count). The molecular formula is C46H52N2O17. The molecule has 0 aromatic rings. The van der Waals surface area contributed by atoms with Gasteiger partial charge in [-0.25, -0.2) is 4.94 Å². The van der Waals surface area contributed by atoms with Crippen molar-refractivity contribution in [2.24, 2.45) is 57.7 Å². The van der Waals surface area contributed by atoms with Crippen LogP contribution in [0.3, 0.4) is 0 Å². The average Bonchev–Trinajstić information content (AvgIpc) is 3.25. The minimum atomic E-state index is -0.685. The van der Waals surface area contributed by atoms with E-state index in [0.717, 1.165) is 0 Å². The number of hydrogen-bond acceptors (Lipinski definition) is 19. The maximum absolute atomic E-state index is 14.1. The molecule has 0 aromatic carbocycles. The van der Waals surface area contributed by atoms with Crippen molar-refractivity contribution in [1.82, 2.24) is 0 Å². The Hall–Kier alpha value is -6.14. The van der Waals surface area contributed by atoms with Gasteiger partial charge in [-0.3, -0.25) is 38.4 Å². The van der Waals surface area contributed by atoms with E-state index in [0.29, 0.717) is 25.7 Å². The fourth-order valence-corrected chi connectivity index (χ4v) is 11.0. The Kier molecular flexibility index (Phi) is 13.4. The van der Waals surface area contributed by atoms with Crippen LogP contribution in [0.5, 0.6) is 0 Å². The number of Topliss-reactive ketones (excluding diaryl/α,β-unsaturated/α-hetero) is 4. The highest BCUT2D eigenvalue weighted by Crippen LogP contribution is 2.43. The Labute approximate surface area is 372 Å². The van der Waals surface area contributed by atoms with Crippen LogP contribution < -0.4 is 0 Å². The predicted octanol–water partition coefficient (Wildman–Crippen LogP) is 4.69.